The lowest BCUT2D eigenvalue weighted by atomic mass is 10.0. The Bertz CT molecular complexity index is 197. The molecule has 0 aromatic carbocycles. The van der Waals surface area contributed by atoms with Crippen LogP contribution in [0.15, 0.2) is 0 Å². The molecule has 76 valence electrons. The number of carboxylic acid groups (broad SMARTS) is 1. The van der Waals surface area contributed by atoms with Crippen LogP contribution >= 0.6 is 11.8 Å². The third-order valence-electron chi connectivity index (χ3n) is 2.08. The summed E-state index contributed by atoms with van der Waals surface area (Å²) in [5, 5.41) is 9.00. The summed E-state index contributed by atoms with van der Waals surface area (Å²) in [4.78, 5) is 21.7. The Morgan fingerprint density at radius 3 is 2.00 bits per heavy atom. The van der Waals surface area contributed by atoms with Crippen molar-refractivity contribution in [1.29, 1.82) is 0 Å². The third kappa shape index (κ3) is 3.38. The van der Waals surface area contributed by atoms with Crippen LogP contribution in [0.5, 0.6) is 0 Å². The minimum absolute atomic E-state index is 0.0255. The van der Waals surface area contributed by atoms with Crippen LogP contribution in [0.25, 0.3) is 0 Å². The summed E-state index contributed by atoms with van der Waals surface area (Å²) in [6.07, 6.45) is 1.10. The molecule has 0 atom stereocenters. The summed E-state index contributed by atoms with van der Waals surface area (Å²) in [6.45, 7) is 5.15. The van der Waals surface area contributed by atoms with Gasteiger partial charge in [0.1, 0.15) is 10.5 Å². The summed E-state index contributed by atoms with van der Waals surface area (Å²) >= 11 is 1.24. The fraction of sp³-hybridized carbons (Fsp3) is 0.778. The molecule has 0 radical (unpaired) electrons. The number of carbonyl (C=O) groups excluding carboxylic acids is 1. The monoisotopic (exact) mass is 204 g/mol. The summed E-state index contributed by atoms with van der Waals surface area (Å²) in [7, 11) is 0. The summed E-state index contributed by atoms with van der Waals surface area (Å²) in [6, 6.07) is 0. The topological polar surface area (TPSA) is 54.4 Å². The van der Waals surface area contributed by atoms with Gasteiger partial charge in [0, 0.05) is 0 Å². The molecule has 0 saturated heterocycles. The van der Waals surface area contributed by atoms with Crippen molar-refractivity contribution in [3.05, 3.63) is 0 Å². The Labute approximate surface area is 82.9 Å². The van der Waals surface area contributed by atoms with Gasteiger partial charge in [0.25, 0.3) is 0 Å². The van der Waals surface area contributed by atoms with Gasteiger partial charge in [-0.2, -0.15) is 0 Å². The minimum atomic E-state index is -0.816. The second-order valence-electron chi connectivity index (χ2n) is 3.00. The zero-order valence-corrected chi connectivity index (χ0v) is 9.11. The number of carboxylic acids is 1. The van der Waals surface area contributed by atoms with Crippen LogP contribution in [0.3, 0.4) is 0 Å². The van der Waals surface area contributed by atoms with Gasteiger partial charge in [-0.3, -0.25) is 9.59 Å². The van der Waals surface area contributed by atoms with Crippen LogP contribution in [0, 0.1) is 0 Å². The van der Waals surface area contributed by atoms with E-state index in [0.717, 1.165) is 0 Å². The molecule has 0 aliphatic heterocycles. The molecule has 0 fully saturated rings. The van der Waals surface area contributed by atoms with E-state index in [1.54, 1.807) is 0 Å². The van der Waals surface area contributed by atoms with E-state index in [1.165, 1.54) is 18.7 Å². The molecule has 0 saturated carbocycles. The molecule has 0 aliphatic carbocycles. The van der Waals surface area contributed by atoms with Crippen molar-refractivity contribution < 1.29 is 14.7 Å². The predicted molar refractivity (Wildman–Crippen MR) is 54.1 cm³/mol. The van der Waals surface area contributed by atoms with Gasteiger partial charge in [0.15, 0.2) is 0 Å². The number of thioether (sulfide) groups is 1. The Kier molecular flexibility index (Phi) is 5.06. The number of carbonyl (C=O) groups is 2. The van der Waals surface area contributed by atoms with Crippen LogP contribution in [-0.2, 0) is 9.59 Å². The summed E-state index contributed by atoms with van der Waals surface area (Å²) in [5.41, 5.74) is 0. The van der Waals surface area contributed by atoms with Crippen LogP contribution in [-0.4, -0.2) is 27.4 Å². The van der Waals surface area contributed by atoms with Gasteiger partial charge in [0.05, 0.1) is 5.75 Å². The Morgan fingerprint density at radius 2 is 1.77 bits per heavy atom. The molecular weight excluding hydrogens is 188 g/mol. The van der Waals surface area contributed by atoms with Crippen molar-refractivity contribution in [3.63, 3.8) is 0 Å². The normalized spacial score (nSPS) is 11.3. The summed E-state index contributed by atoms with van der Waals surface area (Å²) < 4.78 is -0.772. The zero-order valence-electron chi connectivity index (χ0n) is 8.29. The standard InChI is InChI=1S/C9H16O3S/c1-4-9(5-2,8(11)12)13-6-7(3)10/h4-6H2,1-3H3,(H,11,12). The number of rotatable bonds is 6. The SMILES string of the molecule is CCC(CC)(SCC(C)=O)C(=O)O. The van der Waals surface area contributed by atoms with Crippen molar-refractivity contribution in [2.75, 3.05) is 5.75 Å². The van der Waals surface area contributed by atoms with Gasteiger partial charge in [-0.15, -0.1) is 11.8 Å². The molecule has 0 aromatic rings. The van der Waals surface area contributed by atoms with E-state index in [1.807, 2.05) is 13.8 Å². The summed E-state index contributed by atoms with van der Waals surface area (Å²) in [5.74, 6) is -0.505. The van der Waals surface area contributed by atoms with Crippen molar-refractivity contribution in [2.45, 2.75) is 38.4 Å². The molecule has 0 aromatic heterocycles. The molecule has 0 aliphatic rings. The number of ketones is 1. The number of hydrogen-bond acceptors (Lipinski definition) is 3. The second-order valence-corrected chi connectivity index (χ2v) is 4.36. The van der Waals surface area contributed by atoms with Gasteiger partial charge in [-0.1, -0.05) is 13.8 Å². The number of Topliss-reactive ketones (excluding diaryl/α,β-unsaturated/α-hetero) is 1. The van der Waals surface area contributed by atoms with Gasteiger partial charge in [-0.05, 0) is 19.8 Å². The first-order chi connectivity index (χ1) is 5.98. The Balaban J connectivity index is 4.39. The average molecular weight is 204 g/mol. The average Bonchev–Trinajstić information content (AvgIpc) is 2.06. The maximum atomic E-state index is 11.0. The minimum Gasteiger partial charge on any atom is -0.480 e. The molecule has 0 heterocycles. The van der Waals surface area contributed by atoms with E-state index >= 15 is 0 Å². The smallest absolute Gasteiger partial charge is 0.319 e. The van der Waals surface area contributed by atoms with E-state index in [0.29, 0.717) is 12.8 Å². The van der Waals surface area contributed by atoms with Gasteiger partial charge < -0.3 is 5.11 Å². The molecular formula is C9H16O3S. The number of aliphatic carboxylic acids is 1. The maximum absolute atomic E-state index is 11.0. The zero-order chi connectivity index (χ0) is 10.5. The van der Waals surface area contributed by atoms with Crippen LogP contribution < -0.4 is 0 Å². The van der Waals surface area contributed by atoms with E-state index in [9.17, 15) is 9.59 Å². The fourth-order valence-electron chi connectivity index (χ4n) is 1.06. The van der Waals surface area contributed by atoms with Crippen LogP contribution in [0.2, 0.25) is 0 Å². The maximum Gasteiger partial charge on any atom is 0.319 e. The van der Waals surface area contributed by atoms with E-state index in [4.69, 9.17) is 5.11 Å². The van der Waals surface area contributed by atoms with E-state index in [-0.39, 0.29) is 11.5 Å². The van der Waals surface area contributed by atoms with E-state index in [2.05, 4.69) is 0 Å². The van der Waals surface area contributed by atoms with Crippen molar-refractivity contribution in [1.82, 2.24) is 0 Å². The Hall–Kier alpha value is -0.510. The second kappa shape index (κ2) is 5.27. The molecule has 0 unspecified atom stereocenters. The molecule has 0 rings (SSSR count). The molecule has 0 amide bonds. The van der Waals surface area contributed by atoms with E-state index < -0.39 is 10.7 Å². The highest BCUT2D eigenvalue weighted by Crippen LogP contribution is 2.32. The van der Waals surface area contributed by atoms with Crippen LogP contribution in [0.4, 0.5) is 0 Å². The lowest BCUT2D eigenvalue weighted by Gasteiger charge is -2.25. The van der Waals surface area contributed by atoms with Crippen LogP contribution in [0.1, 0.15) is 33.6 Å². The molecule has 13 heavy (non-hydrogen) atoms. The molecule has 4 heteroatoms. The Morgan fingerprint density at radius 1 is 1.31 bits per heavy atom. The first kappa shape index (κ1) is 12.5. The molecule has 3 nitrogen and oxygen atoms in total. The van der Waals surface area contributed by atoms with Crippen molar-refractivity contribution in [3.8, 4) is 0 Å². The third-order valence-corrected chi connectivity index (χ3v) is 3.94. The first-order valence-electron chi connectivity index (χ1n) is 4.35. The molecule has 0 bridgehead atoms. The highest BCUT2D eigenvalue weighted by Gasteiger charge is 2.35. The predicted octanol–water partition coefficient (Wildman–Crippen LogP) is 1.95. The highest BCUT2D eigenvalue weighted by atomic mass is 32.2. The van der Waals surface area contributed by atoms with Gasteiger partial charge in [0.2, 0.25) is 0 Å². The lowest BCUT2D eigenvalue weighted by molar-refractivity contribution is -0.140. The van der Waals surface area contributed by atoms with Gasteiger partial charge >= 0.3 is 5.97 Å². The first-order valence-corrected chi connectivity index (χ1v) is 5.34. The largest absolute Gasteiger partial charge is 0.480 e. The lowest BCUT2D eigenvalue weighted by Crippen LogP contribution is -2.34. The highest BCUT2D eigenvalue weighted by molar-refractivity contribution is 8.02. The molecule has 0 spiro atoms. The van der Waals surface area contributed by atoms with Crippen molar-refractivity contribution in [2.24, 2.45) is 0 Å². The van der Waals surface area contributed by atoms with Crippen molar-refractivity contribution >= 4 is 23.5 Å². The number of hydrogen-bond donors (Lipinski definition) is 1. The fourth-order valence-corrected chi connectivity index (χ4v) is 2.07. The van der Waals surface area contributed by atoms with Gasteiger partial charge in [-0.25, -0.2) is 0 Å². The quantitative estimate of drug-likeness (QED) is 0.718. The molecule has 1 N–H and O–H groups in total.